The van der Waals surface area contributed by atoms with Crippen LogP contribution in [0.5, 0.6) is 0 Å². The van der Waals surface area contributed by atoms with Crippen LogP contribution in [0.25, 0.3) is 0 Å². The van der Waals surface area contributed by atoms with Crippen LogP contribution in [0.4, 0.5) is 0 Å². The molecule has 0 unspecified atom stereocenters. The van der Waals surface area contributed by atoms with E-state index in [2.05, 4.69) is 10.6 Å². The first-order valence-corrected chi connectivity index (χ1v) is 10.2. The highest BCUT2D eigenvalue weighted by Crippen LogP contribution is 2.17. The molecule has 1 fully saturated rings. The molecule has 10 heteroatoms. The van der Waals surface area contributed by atoms with E-state index in [1.165, 1.54) is 34.8 Å². The molecule has 2 N–H and O–H groups in total. The molecule has 0 spiro atoms. The van der Waals surface area contributed by atoms with Crippen molar-refractivity contribution in [1.29, 1.82) is 0 Å². The first-order chi connectivity index (χ1) is 13.5. The molecule has 3 rings (SSSR count). The summed E-state index contributed by atoms with van der Waals surface area (Å²) in [5, 5.41) is 5.11. The van der Waals surface area contributed by atoms with Crippen molar-refractivity contribution in [3.63, 3.8) is 0 Å². The van der Waals surface area contributed by atoms with E-state index in [1.807, 2.05) is 0 Å². The van der Waals surface area contributed by atoms with E-state index in [-0.39, 0.29) is 29.5 Å². The molecule has 0 bridgehead atoms. The molecule has 1 aromatic heterocycles. The topological polar surface area (TPSA) is 118 Å². The summed E-state index contributed by atoms with van der Waals surface area (Å²) >= 11 is 0. The third kappa shape index (κ3) is 4.97. The van der Waals surface area contributed by atoms with Crippen molar-refractivity contribution in [3.8, 4) is 0 Å². The van der Waals surface area contributed by atoms with Crippen LogP contribution in [0.2, 0.25) is 0 Å². The van der Waals surface area contributed by atoms with Gasteiger partial charge in [0.1, 0.15) is 5.76 Å². The second-order valence-corrected chi connectivity index (χ2v) is 8.02. The third-order valence-electron chi connectivity index (χ3n) is 4.17. The van der Waals surface area contributed by atoms with Crippen molar-refractivity contribution in [2.75, 3.05) is 32.8 Å². The summed E-state index contributed by atoms with van der Waals surface area (Å²) in [5.74, 6) is -0.225. The zero-order chi connectivity index (χ0) is 20.0. The number of hydrogen-bond acceptors (Lipinski definition) is 6. The van der Waals surface area contributed by atoms with Crippen molar-refractivity contribution in [2.24, 2.45) is 0 Å². The summed E-state index contributed by atoms with van der Waals surface area (Å²) in [5.41, 5.74) is 0.264. The number of ether oxygens (including phenoxy) is 1. The number of furan rings is 1. The normalized spacial score (nSPS) is 15.1. The molecule has 1 aliphatic heterocycles. The van der Waals surface area contributed by atoms with E-state index in [9.17, 15) is 18.0 Å². The van der Waals surface area contributed by atoms with Gasteiger partial charge in [-0.1, -0.05) is 0 Å². The van der Waals surface area contributed by atoms with Crippen LogP contribution < -0.4 is 10.6 Å². The lowest BCUT2D eigenvalue weighted by atomic mass is 10.2. The van der Waals surface area contributed by atoms with Gasteiger partial charge < -0.3 is 19.8 Å². The van der Waals surface area contributed by atoms with Gasteiger partial charge in [0.15, 0.2) is 0 Å². The maximum absolute atomic E-state index is 12.6. The lowest BCUT2D eigenvalue weighted by molar-refractivity contribution is -0.120. The molecule has 0 aliphatic carbocycles. The molecule has 0 saturated carbocycles. The van der Waals surface area contributed by atoms with Gasteiger partial charge >= 0.3 is 0 Å². The number of sulfonamides is 1. The van der Waals surface area contributed by atoms with Crippen LogP contribution in [-0.4, -0.2) is 57.4 Å². The molecule has 2 amide bonds. The third-order valence-corrected chi connectivity index (χ3v) is 6.09. The number of rotatable bonds is 7. The lowest BCUT2D eigenvalue weighted by Gasteiger charge is -2.26. The van der Waals surface area contributed by atoms with Gasteiger partial charge in [0.25, 0.3) is 5.91 Å². The van der Waals surface area contributed by atoms with Gasteiger partial charge in [0.05, 0.1) is 37.5 Å². The minimum absolute atomic E-state index is 0.113. The monoisotopic (exact) mass is 407 g/mol. The highest BCUT2D eigenvalue weighted by atomic mass is 32.2. The van der Waals surface area contributed by atoms with E-state index in [0.29, 0.717) is 32.1 Å². The Bertz CT molecular complexity index is 903. The minimum Gasteiger partial charge on any atom is -0.467 e. The molecule has 9 nitrogen and oxygen atoms in total. The van der Waals surface area contributed by atoms with Gasteiger partial charge in [-0.2, -0.15) is 4.31 Å². The molecule has 2 aromatic rings. The van der Waals surface area contributed by atoms with Crippen LogP contribution in [0.1, 0.15) is 16.1 Å². The number of benzene rings is 1. The number of nitrogens with zero attached hydrogens (tertiary/aromatic N) is 1. The van der Waals surface area contributed by atoms with Crippen LogP contribution >= 0.6 is 0 Å². The van der Waals surface area contributed by atoms with Crippen molar-refractivity contribution in [2.45, 2.75) is 11.4 Å². The van der Waals surface area contributed by atoms with Crippen LogP contribution in [0.15, 0.2) is 52.0 Å². The Labute approximate surface area is 162 Å². The number of hydrogen-bond donors (Lipinski definition) is 2. The highest BCUT2D eigenvalue weighted by molar-refractivity contribution is 7.89. The maximum Gasteiger partial charge on any atom is 0.251 e. The molecule has 0 atom stereocenters. The van der Waals surface area contributed by atoms with Crippen molar-refractivity contribution < 1.29 is 27.2 Å². The fourth-order valence-corrected chi connectivity index (χ4v) is 4.05. The second kappa shape index (κ2) is 9.00. The van der Waals surface area contributed by atoms with Crippen molar-refractivity contribution in [3.05, 3.63) is 54.0 Å². The Hall–Kier alpha value is -2.69. The van der Waals surface area contributed by atoms with Gasteiger partial charge in [-0.25, -0.2) is 8.42 Å². The molecular formula is C18H21N3O6S. The van der Waals surface area contributed by atoms with Crippen LogP contribution in [0, 0.1) is 0 Å². The predicted octanol–water partition coefficient (Wildman–Crippen LogP) is 0.347. The van der Waals surface area contributed by atoms with Crippen LogP contribution in [0.3, 0.4) is 0 Å². The summed E-state index contributed by atoms with van der Waals surface area (Å²) < 4.78 is 36.7. The van der Waals surface area contributed by atoms with E-state index >= 15 is 0 Å². The maximum atomic E-state index is 12.6. The minimum atomic E-state index is -3.61. The second-order valence-electron chi connectivity index (χ2n) is 6.08. The van der Waals surface area contributed by atoms with Crippen molar-refractivity contribution in [1.82, 2.24) is 14.9 Å². The van der Waals surface area contributed by atoms with Gasteiger partial charge in [-0.3, -0.25) is 9.59 Å². The van der Waals surface area contributed by atoms with Gasteiger partial charge in [0, 0.05) is 18.7 Å². The van der Waals surface area contributed by atoms with Crippen molar-refractivity contribution >= 4 is 21.8 Å². The molecule has 1 aliphatic rings. The number of amides is 2. The zero-order valence-electron chi connectivity index (χ0n) is 15.1. The van der Waals surface area contributed by atoms with E-state index < -0.39 is 15.9 Å². The molecular weight excluding hydrogens is 386 g/mol. The number of nitrogens with one attached hydrogen (secondary N) is 2. The first-order valence-electron chi connectivity index (χ1n) is 8.72. The summed E-state index contributed by atoms with van der Waals surface area (Å²) in [6.07, 6.45) is 1.51. The number of carbonyl (C=O) groups is 2. The quantitative estimate of drug-likeness (QED) is 0.684. The Morgan fingerprint density at radius 1 is 1.04 bits per heavy atom. The Kier molecular flexibility index (Phi) is 6.45. The molecule has 1 saturated heterocycles. The van der Waals surface area contributed by atoms with Gasteiger partial charge in [-0.15, -0.1) is 0 Å². The van der Waals surface area contributed by atoms with Gasteiger partial charge in [0.2, 0.25) is 15.9 Å². The highest BCUT2D eigenvalue weighted by Gasteiger charge is 2.26. The van der Waals surface area contributed by atoms with Gasteiger partial charge in [-0.05, 0) is 36.4 Å². The average molecular weight is 407 g/mol. The molecule has 1 aromatic carbocycles. The smallest absolute Gasteiger partial charge is 0.251 e. The number of carbonyl (C=O) groups excluding carboxylic acids is 2. The average Bonchev–Trinajstić information content (AvgIpc) is 3.25. The fourth-order valence-electron chi connectivity index (χ4n) is 2.64. The first kappa shape index (κ1) is 20.1. The Balaban J connectivity index is 1.52. The summed E-state index contributed by atoms with van der Waals surface area (Å²) in [7, 11) is -3.61. The largest absolute Gasteiger partial charge is 0.467 e. The molecule has 150 valence electrons. The molecule has 2 heterocycles. The van der Waals surface area contributed by atoms with Crippen LogP contribution in [-0.2, 0) is 26.1 Å². The predicted molar refractivity (Wildman–Crippen MR) is 98.9 cm³/mol. The van der Waals surface area contributed by atoms with E-state index in [4.69, 9.17) is 9.15 Å². The van der Waals surface area contributed by atoms with E-state index in [1.54, 1.807) is 12.1 Å². The zero-order valence-corrected chi connectivity index (χ0v) is 15.9. The summed E-state index contributed by atoms with van der Waals surface area (Å²) in [4.78, 5) is 24.0. The SMILES string of the molecule is O=C(CNC(=O)c1ccc(S(=O)(=O)N2CCOCC2)cc1)NCc1ccco1. The Morgan fingerprint density at radius 2 is 1.75 bits per heavy atom. The summed E-state index contributed by atoms with van der Waals surface area (Å²) in [6.45, 7) is 1.36. The fraction of sp³-hybridized carbons (Fsp3) is 0.333. The number of morpholine rings is 1. The summed E-state index contributed by atoms with van der Waals surface area (Å²) in [6, 6.07) is 9.05. The van der Waals surface area contributed by atoms with E-state index in [0.717, 1.165) is 0 Å². The molecule has 0 radical (unpaired) electrons. The Morgan fingerprint density at radius 3 is 2.39 bits per heavy atom. The molecule has 28 heavy (non-hydrogen) atoms. The lowest BCUT2D eigenvalue weighted by Crippen LogP contribution is -2.40. The standard InChI is InChI=1S/C18H21N3O6S/c22-17(19-12-15-2-1-9-27-15)13-20-18(23)14-3-5-16(6-4-14)28(24,25)21-7-10-26-11-8-21/h1-6,9H,7-8,10-13H2,(H,19,22)(H,20,23).